The Morgan fingerprint density at radius 1 is 1.02 bits per heavy atom. The third-order valence-electron chi connectivity index (χ3n) is 11.9. The number of benzene rings is 2. The maximum Gasteiger partial charge on any atom is 0.342 e. The molecule has 3 aliphatic heterocycles. The predicted octanol–water partition coefficient (Wildman–Crippen LogP) is 6.45. The van der Waals surface area contributed by atoms with Crippen LogP contribution in [0.1, 0.15) is 123 Å². The average molecular weight is 782 g/mol. The SMILES string of the molecule is CCC(C)C(NC(=O)CC(c1ccc(OC)cc1)c1c(O)cc2c(c1O)C(=O)O[C@@H](C)CCCC(=O)CCC/C=C/2)C(=O)N1C[C@H]2C[C@@H](C1)c1cccc(=O)n1C2. The minimum atomic E-state index is -0.952. The Kier molecular flexibility index (Phi) is 13.2. The Labute approximate surface area is 333 Å². The van der Waals surface area contributed by atoms with E-state index < -0.39 is 35.7 Å². The van der Waals surface area contributed by atoms with E-state index in [0.29, 0.717) is 75.9 Å². The summed E-state index contributed by atoms with van der Waals surface area (Å²) in [7, 11) is 1.53. The zero-order chi connectivity index (χ0) is 40.8. The molecule has 304 valence electrons. The van der Waals surface area contributed by atoms with E-state index in [1.54, 1.807) is 55.5 Å². The summed E-state index contributed by atoms with van der Waals surface area (Å²) in [6.07, 6.45) is 7.15. The zero-order valence-electron chi connectivity index (χ0n) is 33.4. The van der Waals surface area contributed by atoms with E-state index >= 15 is 0 Å². The number of likely N-dealkylation sites (tertiary alicyclic amines) is 1. The first-order valence-corrected chi connectivity index (χ1v) is 20.3. The Bertz CT molecular complexity index is 2060. The summed E-state index contributed by atoms with van der Waals surface area (Å²) in [5.74, 6) is -2.61. The van der Waals surface area contributed by atoms with Gasteiger partial charge in [0.15, 0.2) is 0 Å². The smallest absolute Gasteiger partial charge is 0.342 e. The molecular formula is C45H55N3O9. The molecule has 12 heteroatoms. The number of rotatable bonds is 9. The monoisotopic (exact) mass is 781 g/mol. The van der Waals surface area contributed by atoms with Gasteiger partial charge in [-0.25, -0.2) is 4.79 Å². The van der Waals surface area contributed by atoms with Crippen LogP contribution in [-0.2, 0) is 25.7 Å². The fourth-order valence-corrected chi connectivity index (χ4v) is 8.62. The summed E-state index contributed by atoms with van der Waals surface area (Å²) in [4.78, 5) is 69.1. The van der Waals surface area contributed by atoms with Crippen molar-refractivity contribution >= 4 is 29.6 Å². The van der Waals surface area contributed by atoms with Crippen LogP contribution < -0.4 is 15.6 Å². The number of esters is 1. The van der Waals surface area contributed by atoms with Crippen molar-refractivity contribution in [3.8, 4) is 17.2 Å². The molecule has 1 fully saturated rings. The Hall–Kier alpha value is -5.39. The molecule has 1 aromatic heterocycles. The number of carbonyl (C=O) groups excluding carboxylic acids is 4. The van der Waals surface area contributed by atoms with Crippen molar-refractivity contribution in [2.24, 2.45) is 11.8 Å². The second kappa shape index (κ2) is 18.3. The summed E-state index contributed by atoms with van der Waals surface area (Å²) in [6, 6.07) is 12.7. The van der Waals surface area contributed by atoms with Crippen LogP contribution in [0.25, 0.3) is 6.08 Å². The zero-order valence-corrected chi connectivity index (χ0v) is 33.4. The molecule has 2 amide bonds. The molecule has 6 atom stereocenters. The number of amides is 2. The molecular weight excluding hydrogens is 727 g/mol. The average Bonchev–Trinajstić information content (AvgIpc) is 3.18. The second-order valence-corrected chi connectivity index (χ2v) is 16.0. The van der Waals surface area contributed by atoms with Crippen molar-refractivity contribution in [1.82, 2.24) is 14.8 Å². The van der Waals surface area contributed by atoms with Crippen LogP contribution in [-0.4, -0.2) is 75.6 Å². The summed E-state index contributed by atoms with van der Waals surface area (Å²) in [6.45, 7) is 7.07. The molecule has 6 rings (SSSR count). The molecule has 3 N–H and O–H groups in total. The second-order valence-electron chi connectivity index (χ2n) is 16.0. The number of methoxy groups -OCH3 is 1. The van der Waals surface area contributed by atoms with Crippen LogP contribution >= 0.6 is 0 Å². The first kappa shape index (κ1) is 41.2. The molecule has 57 heavy (non-hydrogen) atoms. The van der Waals surface area contributed by atoms with Crippen LogP contribution in [0.3, 0.4) is 0 Å². The molecule has 2 aromatic carbocycles. The highest BCUT2D eigenvalue weighted by Crippen LogP contribution is 2.44. The van der Waals surface area contributed by atoms with E-state index in [2.05, 4.69) is 5.32 Å². The molecule has 3 aromatic rings. The minimum Gasteiger partial charge on any atom is -0.507 e. The van der Waals surface area contributed by atoms with Gasteiger partial charge in [-0.1, -0.05) is 50.6 Å². The number of phenols is 2. The summed E-state index contributed by atoms with van der Waals surface area (Å²) in [5, 5.41) is 26.7. The molecule has 0 aliphatic carbocycles. The Balaban J connectivity index is 1.32. The number of piperidine rings is 1. The van der Waals surface area contributed by atoms with Gasteiger partial charge in [0.25, 0.3) is 5.56 Å². The number of ether oxygens (including phenoxy) is 2. The number of fused-ring (bicyclic) bond motifs is 5. The van der Waals surface area contributed by atoms with Crippen LogP contribution in [0.2, 0.25) is 0 Å². The fourth-order valence-electron chi connectivity index (χ4n) is 8.62. The number of nitrogens with zero attached hydrogens (tertiary/aromatic N) is 2. The van der Waals surface area contributed by atoms with E-state index in [-0.39, 0.29) is 63.9 Å². The number of aromatic hydroxyl groups is 2. The van der Waals surface area contributed by atoms with Gasteiger partial charge in [0, 0.05) is 68.1 Å². The lowest BCUT2D eigenvalue weighted by molar-refractivity contribution is -0.140. The van der Waals surface area contributed by atoms with Crippen LogP contribution in [0.5, 0.6) is 17.2 Å². The number of Topliss-reactive ketones (excluding diaryl/α,β-unsaturated/α-hetero) is 1. The molecule has 4 heterocycles. The van der Waals surface area contributed by atoms with E-state index in [0.717, 1.165) is 12.1 Å². The highest BCUT2D eigenvalue weighted by Gasteiger charge is 2.40. The molecule has 0 spiro atoms. The van der Waals surface area contributed by atoms with E-state index in [4.69, 9.17) is 9.47 Å². The van der Waals surface area contributed by atoms with Gasteiger partial charge in [-0.3, -0.25) is 19.2 Å². The maximum absolute atomic E-state index is 14.4. The van der Waals surface area contributed by atoms with Crippen LogP contribution in [0.4, 0.5) is 0 Å². The quantitative estimate of drug-likeness (QED) is 0.207. The number of cyclic esters (lactones) is 1. The van der Waals surface area contributed by atoms with Crippen molar-refractivity contribution in [2.75, 3.05) is 20.2 Å². The van der Waals surface area contributed by atoms with Gasteiger partial charge in [0.05, 0.1) is 13.2 Å². The van der Waals surface area contributed by atoms with Crippen molar-refractivity contribution in [1.29, 1.82) is 0 Å². The first-order valence-electron chi connectivity index (χ1n) is 20.3. The topological polar surface area (TPSA) is 164 Å². The van der Waals surface area contributed by atoms with Gasteiger partial charge in [0.2, 0.25) is 11.8 Å². The van der Waals surface area contributed by atoms with Gasteiger partial charge in [-0.05, 0) is 86.3 Å². The predicted molar refractivity (Wildman–Crippen MR) is 215 cm³/mol. The number of pyridine rings is 1. The van der Waals surface area contributed by atoms with Gasteiger partial charge < -0.3 is 34.5 Å². The molecule has 0 saturated carbocycles. The van der Waals surface area contributed by atoms with Crippen molar-refractivity contribution in [3.63, 3.8) is 0 Å². The molecule has 0 radical (unpaired) electrons. The minimum absolute atomic E-state index is 0.0108. The maximum atomic E-state index is 14.4. The number of hydrogen-bond acceptors (Lipinski definition) is 9. The third-order valence-corrected chi connectivity index (χ3v) is 11.9. The lowest BCUT2D eigenvalue weighted by Gasteiger charge is -2.44. The van der Waals surface area contributed by atoms with Gasteiger partial charge in [-0.15, -0.1) is 0 Å². The standard InChI is InChI=1S/C45H55N3O9/c1-5-27(2)42(44(54)47-24-29-21-32(26-47)36-15-10-16-39(52)48(36)25-29)46-38(51)23-35(30-17-19-34(56-4)20-18-30)41-37(50)22-31-12-7-6-8-13-33(49)14-9-11-28(3)57-45(55)40(31)43(41)53/h7,10,12,15-20,22,27-29,32,35,42,50,53H,5-6,8-9,11,13-14,21,23-26H2,1-4H3,(H,46,51)/b12-7+/t27?,28-,29+,32-,35?,42?/m0/s1. The summed E-state index contributed by atoms with van der Waals surface area (Å²) < 4.78 is 13.0. The lowest BCUT2D eigenvalue weighted by atomic mass is 9.82. The highest BCUT2D eigenvalue weighted by molar-refractivity contribution is 5.98. The van der Waals surface area contributed by atoms with Crippen molar-refractivity contribution in [2.45, 2.75) is 109 Å². The number of carbonyl (C=O) groups is 4. The number of aromatic nitrogens is 1. The van der Waals surface area contributed by atoms with Gasteiger partial charge >= 0.3 is 5.97 Å². The van der Waals surface area contributed by atoms with Crippen molar-refractivity contribution in [3.05, 3.63) is 92.9 Å². The fraction of sp³-hybridized carbons (Fsp3) is 0.489. The van der Waals surface area contributed by atoms with E-state index in [1.165, 1.54) is 13.2 Å². The molecule has 3 aliphatic rings. The van der Waals surface area contributed by atoms with Crippen molar-refractivity contribution < 1.29 is 38.9 Å². The number of ketones is 1. The number of nitrogens with one attached hydrogen (secondary N) is 1. The normalized spacial score (nSPS) is 22.1. The number of allylic oxidation sites excluding steroid dienone is 1. The lowest BCUT2D eigenvalue weighted by Crippen LogP contribution is -2.56. The van der Waals surface area contributed by atoms with Gasteiger partial charge in [-0.2, -0.15) is 0 Å². The summed E-state index contributed by atoms with van der Waals surface area (Å²) >= 11 is 0. The molecule has 1 saturated heterocycles. The largest absolute Gasteiger partial charge is 0.507 e. The third kappa shape index (κ3) is 9.43. The van der Waals surface area contributed by atoms with Crippen LogP contribution in [0, 0.1) is 11.8 Å². The van der Waals surface area contributed by atoms with Crippen LogP contribution in [0.15, 0.2) is 59.4 Å². The van der Waals surface area contributed by atoms with Gasteiger partial charge in [0.1, 0.15) is 34.6 Å². The first-order chi connectivity index (χ1) is 27.4. The molecule has 2 bridgehead atoms. The summed E-state index contributed by atoms with van der Waals surface area (Å²) in [5.41, 5.74) is 1.53. The van der Waals surface area contributed by atoms with E-state index in [9.17, 15) is 34.2 Å². The number of phenolic OH excluding ortho intramolecular Hbond substituents is 2. The Morgan fingerprint density at radius 2 is 1.77 bits per heavy atom. The highest BCUT2D eigenvalue weighted by atomic mass is 16.5. The molecule has 3 unspecified atom stereocenters. The van der Waals surface area contributed by atoms with E-state index in [1.807, 2.05) is 29.4 Å². The Morgan fingerprint density at radius 3 is 2.51 bits per heavy atom. The number of hydrogen-bond donors (Lipinski definition) is 3. The molecule has 12 nitrogen and oxygen atoms in total.